The summed E-state index contributed by atoms with van der Waals surface area (Å²) in [6, 6.07) is 0.427. The van der Waals surface area contributed by atoms with Gasteiger partial charge in [-0.15, -0.1) is 0 Å². The van der Waals surface area contributed by atoms with Gasteiger partial charge in [-0.3, -0.25) is 4.79 Å². The summed E-state index contributed by atoms with van der Waals surface area (Å²) in [6.45, 7) is 0.124. The summed E-state index contributed by atoms with van der Waals surface area (Å²) < 4.78 is 0. The van der Waals surface area contributed by atoms with Crippen molar-refractivity contribution in [2.24, 2.45) is 10.7 Å². The van der Waals surface area contributed by atoms with Crippen LogP contribution in [-0.4, -0.2) is 43.4 Å². The molecule has 0 unspecified atom stereocenters. The number of nitrogens with one attached hydrogen (secondary N) is 1. The van der Waals surface area contributed by atoms with Crippen molar-refractivity contribution in [3.05, 3.63) is 0 Å². The molecule has 0 radical (unpaired) electrons. The molecular weight excluding hydrogens is 216 g/mol. The predicted octanol–water partition coefficient (Wildman–Crippen LogP) is 0.702. The Labute approximate surface area is 103 Å². The van der Waals surface area contributed by atoms with Crippen molar-refractivity contribution >= 4 is 11.9 Å². The molecule has 1 rings (SSSR count). The molecule has 1 aliphatic carbocycles. The lowest BCUT2D eigenvalue weighted by atomic mass is 10.1. The minimum Gasteiger partial charge on any atom is -0.370 e. The number of nitrogens with two attached hydrogens (primary N) is 1. The lowest BCUT2D eigenvalue weighted by Gasteiger charge is -2.16. The number of aliphatic imine (C=N–C) groups is 1. The largest absolute Gasteiger partial charge is 0.370 e. The van der Waals surface area contributed by atoms with Gasteiger partial charge < -0.3 is 16.0 Å². The minimum absolute atomic E-state index is 0.0318. The summed E-state index contributed by atoms with van der Waals surface area (Å²) in [5.74, 6) is 0.364. The van der Waals surface area contributed by atoms with Crippen LogP contribution in [0.2, 0.25) is 0 Å². The number of hydrogen-bond acceptors (Lipinski definition) is 2. The average molecular weight is 240 g/mol. The fourth-order valence-electron chi connectivity index (χ4n) is 1.97. The molecule has 0 aromatic rings. The zero-order valence-corrected chi connectivity index (χ0v) is 10.9. The first kappa shape index (κ1) is 13.8. The van der Waals surface area contributed by atoms with E-state index in [0.29, 0.717) is 12.0 Å². The second-order valence-corrected chi connectivity index (χ2v) is 4.82. The van der Waals surface area contributed by atoms with Gasteiger partial charge in [0.2, 0.25) is 5.91 Å². The lowest BCUT2D eigenvalue weighted by Crippen LogP contribution is -2.40. The van der Waals surface area contributed by atoms with E-state index < -0.39 is 0 Å². The highest BCUT2D eigenvalue weighted by atomic mass is 16.2. The highest BCUT2D eigenvalue weighted by molar-refractivity contribution is 5.83. The van der Waals surface area contributed by atoms with Gasteiger partial charge in [-0.05, 0) is 12.8 Å². The van der Waals surface area contributed by atoms with Crippen LogP contribution < -0.4 is 11.1 Å². The van der Waals surface area contributed by atoms with Gasteiger partial charge >= 0.3 is 0 Å². The number of guanidine groups is 1. The van der Waals surface area contributed by atoms with E-state index in [0.717, 1.165) is 12.8 Å². The Morgan fingerprint density at radius 2 is 1.88 bits per heavy atom. The van der Waals surface area contributed by atoms with Gasteiger partial charge in [-0.25, -0.2) is 4.99 Å². The SMILES string of the molecule is CN(C)C(=O)CN=C(N)NC1CCCCCC1. The van der Waals surface area contributed by atoms with Gasteiger partial charge in [-0.1, -0.05) is 25.7 Å². The molecule has 0 heterocycles. The Morgan fingerprint density at radius 1 is 1.29 bits per heavy atom. The fraction of sp³-hybridized carbons (Fsp3) is 0.833. The zero-order chi connectivity index (χ0) is 12.7. The zero-order valence-electron chi connectivity index (χ0n) is 10.9. The summed E-state index contributed by atoms with van der Waals surface area (Å²) in [5.41, 5.74) is 5.77. The van der Waals surface area contributed by atoms with Crippen LogP contribution in [0.4, 0.5) is 0 Å². The van der Waals surface area contributed by atoms with Gasteiger partial charge in [0.15, 0.2) is 5.96 Å². The predicted molar refractivity (Wildman–Crippen MR) is 69.8 cm³/mol. The van der Waals surface area contributed by atoms with Crippen LogP contribution in [0, 0.1) is 0 Å². The summed E-state index contributed by atoms with van der Waals surface area (Å²) in [4.78, 5) is 16.9. The molecule has 0 atom stereocenters. The Balaban J connectivity index is 2.33. The highest BCUT2D eigenvalue weighted by Gasteiger charge is 2.12. The second kappa shape index (κ2) is 7.14. The Bertz CT molecular complexity index is 268. The van der Waals surface area contributed by atoms with E-state index in [9.17, 15) is 4.79 Å². The van der Waals surface area contributed by atoms with Crippen LogP contribution in [0.3, 0.4) is 0 Å². The fourth-order valence-corrected chi connectivity index (χ4v) is 1.97. The smallest absolute Gasteiger partial charge is 0.243 e. The van der Waals surface area contributed by atoms with Crippen LogP contribution in [0.25, 0.3) is 0 Å². The Kier molecular flexibility index (Phi) is 5.80. The molecule has 0 aromatic carbocycles. The topological polar surface area (TPSA) is 70.7 Å². The third-order valence-corrected chi connectivity index (χ3v) is 3.09. The molecular formula is C12H24N4O. The van der Waals surface area contributed by atoms with E-state index in [2.05, 4.69) is 10.3 Å². The normalized spacial score (nSPS) is 18.6. The van der Waals surface area contributed by atoms with Crippen molar-refractivity contribution in [3.8, 4) is 0 Å². The molecule has 5 heteroatoms. The van der Waals surface area contributed by atoms with Crippen molar-refractivity contribution in [3.63, 3.8) is 0 Å². The van der Waals surface area contributed by atoms with Crippen LogP contribution in [0.5, 0.6) is 0 Å². The van der Waals surface area contributed by atoms with E-state index >= 15 is 0 Å². The standard InChI is InChI=1S/C12H24N4O/c1-16(2)11(17)9-14-12(13)15-10-7-5-3-4-6-8-10/h10H,3-9H2,1-2H3,(H3,13,14,15). The van der Waals surface area contributed by atoms with Gasteiger partial charge in [0.25, 0.3) is 0 Å². The molecule has 17 heavy (non-hydrogen) atoms. The molecule has 1 saturated carbocycles. The molecule has 98 valence electrons. The van der Waals surface area contributed by atoms with Gasteiger partial charge in [0.05, 0.1) is 0 Å². The molecule has 1 fully saturated rings. The molecule has 5 nitrogen and oxygen atoms in total. The van der Waals surface area contributed by atoms with E-state index in [-0.39, 0.29) is 12.5 Å². The van der Waals surface area contributed by atoms with Crippen molar-refractivity contribution in [1.29, 1.82) is 0 Å². The van der Waals surface area contributed by atoms with E-state index in [1.54, 1.807) is 14.1 Å². The van der Waals surface area contributed by atoms with Crippen molar-refractivity contribution in [2.75, 3.05) is 20.6 Å². The molecule has 0 spiro atoms. The summed E-state index contributed by atoms with van der Waals surface area (Å²) in [6.07, 6.45) is 7.43. The third-order valence-electron chi connectivity index (χ3n) is 3.09. The van der Waals surface area contributed by atoms with Crippen molar-refractivity contribution in [2.45, 2.75) is 44.6 Å². The van der Waals surface area contributed by atoms with Crippen LogP contribution >= 0.6 is 0 Å². The van der Waals surface area contributed by atoms with Gasteiger partial charge in [0.1, 0.15) is 6.54 Å². The molecule has 1 aliphatic rings. The first-order valence-corrected chi connectivity index (χ1v) is 6.36. The van der Waals surface area contributed by atoms with Crippen LogP contribution in [-0.2, 0) is 4.79 Å². The van der Waals surface area contributed by atoms with Crippen LogP contribution in [0.15, 0.2) is 4.99 Å². The number of carbonyl (C=O) groups excluding carboxylic acids is 1. The van der Waals surface area contributed by atoms with E-state index in [1.807, 2.05) is 0 Å². The maximum absolute atomic E-state index is 11.3. The number of nitrogens with zero attached hydrogens (tertiary/aromatic N) is 2. The van der Waals surface area contributed by atoms with Crippen molar-refractivity contribution in [1.82, 2.24) is 10.2 Å². The van der Waals surface area contributed by atoms with E-state index in [1.165, 1.54) is 30.6 Å². The van der Waals surface area contributed by atoms with Gasteiger partial charge in [-0.2, -0.15) is 0 Å². The second-order valence-electron chi connectivity index (χ2n) is 4.82. The molecule has 1 amide bonds. The first-order chi connectivity index (χ1) is 8.09. The molecule has 0 aliphatic heterocycles. The number of rotatable bonds is 3. The van der Waals surface area contributed by atoms with Gasteiger partial charge in [0, 0.05) is 20.1 Å². The van der Waals surface area contributed by atoms with Crippen LogP contribution in [0.1, 0.15) is 38.5 Å². The van der Waals surface area contributed by atoms with Crippen molar-refractivity contribution < 1.29 is 4.79 Å². The Hall–Kier alpha value is -1.26. The van der Waals surface area contributed by atoms with E-state index in [4.69, 9.17) is 5.73 Å². The molecule has 0 bridgehead atoms. The maximum atomic E-state index is 11.3. The summed E-state index contributed by atoms with van der Waals surface area (Å²) in [5, 5.41) is 3.21. The molecule has 3 N–H and O–H groups in total. The molecule has 0 saturated heterocycles. The quantitative estimate of drug-likeness (QED) is 0.433. The summed E-state index contributed by atoms with van der Waals surface area (Å²) in [7, 11) is 3.43. The molecule has 0 aromatic heterocycles. The monoisotopic (exact) mass is 240 g/mol. The number of carbonyl (C=O) groups is 1. The third kappa shape index (κ3) is 5.56. The number of amides is 1. The summed E-state index contributed by atoms with van der Waals surface area (Å²) >= 11 is 0. The average Bonchev–Trinajstić information content (AvgIpc) is 2.54. The number of likely N-dealkylation sites (N-methyl/N-ethyl adjacent to an activating group) is 1. The highest BCUT2D eigenvalue weighted by Crippen LogP contribution is 2.16. The first-order valence-electron chi connectivity index (χ1n) is 6.36. The Morgan fingerprint density at radius 3 is 2.41 bits per heavy atom. The lowest BCUT2D eigenvalue weighted by molar-refractivity contribution is -0.127. The minimum atomic E-state index is -0.0318. The maximum Gasteiger partial charge on any atom is 0.243 e. The number of hydrogen-bond donors (Lipinski definition) is 2.